The van der Waals surface area contributed by atoms with Crippen molar-refractivity contribution in [2.75, 3.05) is 17.7 Å². The standard InChI is InChI=1S/C12H22N4O2/c1-2-3-4-5-6-11(18)15-10-9-14-16(7-8-17)12(10)13/h9,17H,2-8,13H2,1H3,(H,15,18). The molecule has 6 heteroatoms. The smallest absolute Gasteiger partial charge is 0.224 e. The van der Waals surface area contributed by atoms with Crippen LogP contribution in [0.4, 0.5) is 11.5 Å². The van der Waals surface area contributed by atoms with Gasteiger partial charge in [0, 0.05) is 6.42 Å². The van der Waals surface area contributed by atoms with Gasteiger partial charge in [0.2, 0.25) is 5.91 Å². The molecule has 0 aliphatic rings. The van der Waals surface area contributed by atoms with E-state index in [1.165, 1.54) is 10.9 Å². The molecule has 0 fully saturated rings. The van der Waals surface area contributed by atoms with Crippen LogP contribution in [0.5, 0.6) is 0 Å². The first-order valence-corrected chi connectivity index (χ1v) is 6.41. The summed E-state index contributed by atoms with van der Waals surface area (Å²) in [7, 11) is 0. The van der Waals surface area contributed by atoms with Crippen molar-refractivity contribution in [2.45, 2.75) is 45.6 Å². The summed E-state index contributed by atoms with van der Waals surface area (Å²) >= 11 is 0. The zero-order chi connectivity index (χ0) is 13.4. The quantitative estimate of drug-likeness (QED) is 0.611. The van der Waals surface area contributed by atoms with Crippen LogP contribution < -0.4 is 11.1 Å². The first-order valence-electron chi connectivity index (χ1n) is 6.41. The number of rotatable bonds is 8. The molecule has 6 nitrogen and oxygen atoms in total. The van der Waals surface area contributed by atoms with Gasteiger partial charge in [-0.25, -0.2) is 4.68 Å². The maximum atomic E-state index is 11.6. The van der Waals surface area contributed by atoms with E-state index >= 15 is 0 Å². The molecule has 0 spiro atoms. The predicted molar refractivity (Wildman–Crippen MR) is 71.1 cm³/mol. The first-order chi connectivity index (χ1) is 8.69. The van der Waals surface area contributed by atoms with Crippen LogP contribution in [0.1, 0.15) is 39.0 Å². The Hall–Kier alpha value is -1.56. The second-order valence-electron chi connectivity index (χ2n) is 4.25. The number of aliphatic hydroxyl groups excluding tert-OH is 1. The number of amides is 1. The van der Waals surface area contributed by atoms with E-state index < -0.39 is 0 Å². The van der Waals surface area contributed by atoms with Crippen LogP contribution in [0.2, 0.25) is 0 Å². The van der Waals surface area contributed by atoms with E-state index in [1.54, 1.807) is 0 Å². The summed E-state index contributed by atoms with van der Waals surface area (Å²) in [5.41, 5.74) is 6.31. The van der Waals surface area contributed by atoms with Crippen molar-refractivity contribution in [1.82, 2.24) is 9.78 Å². The van der Waals surface area contributed by atoms with E-state index in [1.807, 2.05) is 0 Å². The minimum absolute atomic E-state index is 0.0315. The minimum atomic E-state index is -0.0404. The molecule has 4 N–H and O–H groups in total. The van der Waals surface area contributed by atoms with Gasteiger partial charge in [-0.1, -0.05) is 26.2 Å². The highest BCUT2D eigenvalue weighted by atomic mass is 16.3. The van der Waals surface area contributed by atoms with Crippen LogP contribution in [-0.4, -0.2) is 27.4 Å². The summed E-state index contributed by atoms with van der Waals surface area (Å²) in [5.74, 6) is 0.340. The molecule has 0 atom stereocenters. The fourth-order valence-electron chi connectivity index (χ4n) is 1.69. The van der Waals surface area contributed by atoms with Gasteiger partial charge in [-0.2, -0.15) is 5.10 Å². The van der Waals surface area contributed by atoms with E-state index in [0.29, 0.717) is 24.5 Å². The normalized spacial score (nSPS) is 10.6. The van der Waals surface area contributed by atoms with Gasteiger partial charge in [-0.15, -0.1) is 0 Å². The predicted octanol–water partition coefficient (Wildman–Crippen LogP) is 1.37. The summed E-state index contributed by atoms with van der Waals surface area (Å²) in [5, 5.41) is 15.5. The maximum absolute atomic E-state index is 11.6. The summed E-state index contributed by atoms with van der Waals surface area (Å²) in [6, 6.07) is 0. The summed E-state index contributed by atoms with van der Waals surface area (Å²) in [4.78, 5) is 11.6. The zero-order valence-electron chi connectivity index (χ0n) is 10.9. The van der Waals surface area contributed by atoms with Gasteiger partial charge in [-0.3, -0.25) is 4.79 Å². The van der Waals surface area contributed by atoms with Crippen molar-refractivity contribution in [1.29, 1.82) is 0 Å². The second kappa shape index (κ2) is 7.71. The molecule has 0 radical (unpaired) electrons. The fraction of sp³-hybridized carbons (Fsp3) is 0.667. The number of nitrogens with one attached hydrogen (secondary N) is 1. The van der Waals surface area contributed by atoms with Gasteiger partial charge in [0.1, 0.15) is 11.5 Å². The molecule has 1 rings (SSSR count). The Labute approximate surface area is 107 Å². The number of nitrogens with zero attached hydrogens (tertiary/aromatic N) is 2. The summed E-state index contributed by atoms with van der Waals surface area (Å²) in [6.45, 7) is 2.44. The van der Waals surface area contributed by atoms with Gasteiger partial charge < -0.3 is 16.2 Å². The van der Waals surface area contributed by atoms with Gasteiger partial charge in [-0.05, 0) is 6.42 Å². The molecule has 0 aliphatic heterocycles. The highest BCUT2D eigenvalue weighted by molar-refractivity contribution is 5.93. The number of hydrogen-bond donors (Lipinski definition) is 3. The highest BCUT2D eigenvalue weighted by Gasteiger charge is 2.09. The van der Waals surface area contributed by atoms with Crippen LogP contribution in [0.3, 0.4) is 0 Å². The molecule has 1 aromatic heterocycles. The second-order valence-corrected chi connectivity index (χ2v) is 4.25. The number of aromatic nitrogens is 2. The van der Waals surface area contributed by atoms with Gasteiger partial charge in [0.15, 0.2) is 0 Å². The topological polar surface area (TPSA) is 93.2 Å². The number of carbonyl (C=O) groups excluding carboxylic acids is 1. The van der Waals surface area contributed by atoms with Crippen molar-refractivity contribution >= 4 is 17.4 Å². The van der Waals surface area contributed by atoms with Gasteiger partial charge >= 0.3 is 0 Å². The third-order valence-electron chi connectivity index (χ3n) is 2.72. The molecule has 0 saturated heterocycles. The fourth-order valence-corrected chi connectivity index (χ4v) is 1.69. The summed E-state index contributed by atoms with van der Waals surface area (Å²) < 4.78 is 1.46. The number of carbonyl (C=O) groups is 1. The molecule has 0 bridgehead atoms. The van der Waals surface area contributed by atoms with Crippen LogP contribution in [0.15, 0.2) is 6.20 Å². The van der Waals surface area contributed by atoms with Crippen molar-refractivity contribution < 1.29 is 9.90 Å². The molecule has 18 heavy (non-hydrogen) atoms. The zero-order valence-corrected chi connectivity index (χ0v) is 10.9. The lowest BCUT2D eigenvalue weighted by molar-refractivity contribution is -0.116. The Bertz CT molecular complexity index is 376. The van der Waals surface area contributed by atoms with Crippen molar-refractivity contribution in [2.24, 2.45) is 0 Å². The Morgan fingerprint density at radius 1 is 1.50 bits per heavy atom. The number of unbranched alkanes of at least 4 members (excludes halogenated alkanes) is 3. The number of nitrogens with two attached hydrogens (primary N) is 1. The SMILES string of the molecule is CCCCCCC(=O)Nc1cnn(CCO)c1N. The van der Waals surface area contributed by atoms with E-state index in [0.717, 1.165) is 25.7 Å². The Kier molecular flexibility index (Phi) is 6.21. The van der Waals surface area contributed by atoms with Gasteiger partial charge in [0.05, 0.1) is 19.3 Å². The van der Waals surface area contributed by atoms with Crippen LogP contribution >= 0.6 is 0 Å². The molecule has 0 aromatic carbocycles. The number of anilines is 2. The van der Waals surface area contributed by atoms with Crippen molar-refractivity contribution in [3.63, 3.8) is 0 Å². The van der Waals surface area contributed by atoms with Crippen LogP contribution in [0, 0.1) is 0 Å². The Morgan fingerprint density at radius 2 is 2.28 bits per heavy atom. The average molecular weight is 254 g/mol. The lowest BCUT2D eigenvalue weighted by Crippen LogP contribution is -2.13. The van der Waals surface area contributed by atoms with E-state index in [9.17, 15) is 4.79 Å². The third-order valence-corrected chi connectivity index (χ3v) is 2.72. The molecular weight excluding hydrogens is 232 g/mol. The number of hydrogen-bond acceptors (Lipinski definition) is 4. The molecule has 0 aliphatic carbocycles. The lowest BCUT2D eigenvalue weighted by Gasteiger charge is -2.05. The van der Waals surface area contributed by atoms with E-state index in [4.69, 9.17) is 10.8 Å². The van der Waals surface area contributed by atoms with Crippen molar-refractivity contribution in [3.8, 4) is 0 Å². The first kappa shape index (κ1) is 14.5. The number of aliphatic hydroxyl groups is 1. The molecule has 1 amide bonds. The van der Waals surface area contributed by atoms with Gasteiger partial charge in [0.25, 0.3) is 0 Å². The van der Waals surface area contributed by atoms with E-state index in [-0.39, 0.29) is 12.5 Å². The molecule has 1 aromatic rings. The molecular formula is C12H22N4O2. The molecule has 102 valence electrons. The minimum Gasteiger partial charge on any atom is -0.394 e. The van der Waals surface area contributed by atoms with Crippen molar-refractivity contribution in [3.05, 3.63) is 6.20 Å². The summed E-state index contributed by atoms with van der Waals surface area (Å²) in [6.07, 6.45) is 6.29. The average Bonchev–Trinajstić information content (AvgIpc) is 2.68. The molecule has 0 saturated carbocycles. The third kappa shape index (κ3) is 4.37. The Balaban J connectivity index is 2.39. The Morgan fingerprint density at radius 3 is 2.94 bits per heavy atom. The monoisotopic (exact) mass is 254 g/mol. The van der Waals surface area contributed by atoms with Crippen LogP contribution in [-0.2, 0) is 11.3 Å². The largest absolute Gasteiger partial charge is 0.394 e. The maximum Gasteiger partial charge on any atom is 0.224 e. The van der Waals surface area contributed by atoms with Crippen LogP contribution in [0.25, 0.3) is 0 Å². The molecule has 0 unspecified atom stereocenters. The molecule has 1 heterocycles. The van der Waals surface area contributed by atoms with E-state index in [2.05, 4.69) is 17.3 Å². The lowest BCUT2D eigenvalue weighted by atomic mass is 10.1. The highest BCUT2D eigenvalue weighted by Crippen LogP contribution is 2.17. The number of nitrogen functional groups attached to an aromatic ring is 1.